The molecule has 2 aromatic heterocycles. The van der Waals surface area contributed by atoms with Gasteiger partial charge in [0.1, 0.15) is 0 Å². The minimum Gasteiger partial charge on any atom is -0.468 e. The Balaban J connectivity index is 1.06. The summed E-state index contributed by atoms with van der Waals surface area (Å²) in [5, 5.41) is 15.1. The highest BCUT2D eigenvalue weighted by Gasteiger charge is 2.43. The maximum Gasteiger partial charge on any atom is 0.173 e. The molecule has 6 atom stereocenters. The van der Waals surface area contributed by atoms with Crippen LogP contribution in [-0.2, 0) is 0 Å². The average Bonchev–Trinajstić information content (AvgIpc) is 3.72. The van der Waals surface area contributed by atoms with Gasteiger partial charge in [-0.2, -0.15) is 0 Å². The molecule has 0 radical (unpaired) electrons. The van der Waals surface area contributed by atoms with E-state index in [1.807, 2.05) is 24.8 Å². The molecule has 2 aromatic carbocycles. The standard InChI is InChI=1S/C38H37N7O/c1-2-7-26(8-3-1)38-41-30-13-14-32-33(34(30)46-38)29-11-4-5-12-31(29)45(32)28-10-6-9-27(23-28)37-43-35(24-15-19-39-20-16-24)42-36(44-37)25-17-21-40-22-18-25/h1-2,4-6,9-23,26,29,31,35-38,41-44H,3,7-8H2. The molecule has 5 heterocycles. The Bertz CT molecular complexity index is 1780. The number of benzene rings is 2. The van der Waals surface area contributed by atoms with Crippen LogP contribution in [0.3, 0.4) is 0 Å². The summed E-state index contributed by atoms with van der Waals surface area (Å²) < 4.78 is 6.78. The van der Waals surface area contributed by atoms with E-state index in [2.05, 4.69) is 133 Å². The van der Waals surface area contributed by atoms with E-state index >= 15 is 0 Å². The molecule has 6 unspecified atom stereocenters. The van der Waals surface area contributed by atoms with Gasteiger partial charge in [0.05, 0.1) is 30.2 Å². The van der Waals surface area contributed by atoms with Gasteiger partial charge in [0.25, 0.3) is 0 Å². The van der Waals surface area contributed by atoms with Gasteiger partial charge in [-0.1, -0.05) is 48.6 Å². The van der Waals surface area contributed by atoms with Gasteiger partial charge >= 0.3 is 0 Å². The first-order valence-electron chi connectivity index (χ1n) is 16.4. The molecular formula is C38H37N7O. The molecule has 8 heteroatoms. The van der Waals surface area contributed by atoms with Crippen LogP contribution in [0, 0.1) is 5.92 Å². The van der Waals surface area contributed by atoms with Crippen molar-refractivity contribution < 1.29 is 4.74 Å². The number of pyridine rings is 2. The van der Waals surface area contributed by atoms with Crippen LogP contribution in [0.5, 0.6) is 5.75 Å². The topological polar surface area (TPSA) is 86.4 Å². The molecule has 230 valence electrons. The van der Waals surface area contributed by atoms with Crippen LogP contribution in [0.2, 0.25) is 0 Å². The number of ether oxygens (including phenoxy) is 1. The number of hydrogen-bond donors (Lipinski definition) is 4. The number of nitrogens with one attached hydrogen (secondary N) is 4. The van der Waals surface area contributed by atoms with Crippen molar-refractivity contribution in [3.8, 4) is 5.75 Å². The van der Waals surface area contributed by atoms with Crippen LogP contribution < -0.4 is 30.9 Å². The van der Waals surface area contributed by atoms with E-state index in [4.69, 9.17) is 4.74 Å². The third-order valence-electron chi connectivity index (χ3n) is 10.0. The summed E-state index contributed by atoms with van der Waals surface area (Å²) in [5.74, 6) is 1.72. The lowest BCUT2D eigenvalue weighted by Crippen LogP contribution is -2.54. The normalized spacial score (nSPS) is 29.0. The Labute approximate surface area is 269 Å². The highest BCUT2D eigenvalue weighted by Crippen LogP contribution is 2.55. The first kappa shape index (κ1) is 27.5. The molecule has 0 amide bonds. The average molecular weight is 608 g/mol. The largest absolute Gasteiger partial charge is 0.468 e. The summed E-state index contributed by atoms with van der Waals surface area (Å²) in [4.78, 5) is 11.0. The van der Waals surface area contributed by atoms with Crippen molar-refractivity contribution in [3.63, 3.8) is 0 Å². The molecule has 0 bridgehead atoms. The van der Waals surface area contributed by atoms with Gasteiger partial charge in [0, 0.05) is 53.6 Å². The van der Waals surface area contributed by atoms with Gasteiger partial charge < -0.3 is 15.0 Å². The maximum absolute atomic E-state index is 6.78. The van der Waals surface area contributed by atoms with Crippen molar-refractivity contribution in [3.05, 3.63) is 144 Å². The molecule has 0 saturated carbocycles. The predicted octanol–water partition coefficient (Wildman–Crippen LogP) is 6.87. The predicted molar refractivity (Wildman–Crippen MR) is 180 cm³/mol. The van der Waals surface area contributed by atoms with Crippen LogP contribution in [0.25, 0.3) is 0 Å². The highest BCUT2D eigenvalue weighted by molar-refractivity contribution is 5.83. The second-order valence-corrected chi connectivity index (χ2v) is 12.7. The maximum atomic E-state index is 6.78. The van der Waals surface area contributed by atoms with Gasteiger partial charge in [0.2, 0.25) is 0 Å². The lowest BCUT2D eigenvalue weighted by molar-refractivity contribution is 0.168. The van der Waals surface area contributed by atoms with Gasteiger partial charge in [-0.25, -0.2) is 0 Å². The van der Waals surface area contributed by atoms with Crippen molar-refractivity contribution in [1.82, 2.24) is 25.9 Å². The van der Waals surface area contributed by atoms with Crippen LogP contribution in [0.4, 0.5) is 17.1 Å². The van der Waals surface area contributed by atoms with E-state index in [9.17, 15) is 0 Å². The van der Waals surface area contributed by atoms with Crippen LogP contribution in [-0.4, -0.2) is 22.2 Å². The first-order chi connectivity index (χ1) is 22.8. The number of allylic oxidation sites excluding steroid dienone is 4. The number of aromatic nitrogens is 2. The molecule has 1 fully saturated rings. The molecule has 4 aromatic rings. The van der Waals surface area contributed by atoms with Crippen molar-refractivity contribution in [2.45, 2.75) is 55.9 Å². The minimum absolute atomic E-state index is 0.0177. The summed E-state index contributed by atoms with van der Waals surface area (Å²) >= 11 is 0. The number of anilines is 3. The Morgan fingerprint density at radius 3 is 2.17 bits per heavy atom. The van der Waals surface area contributed by atoms with E-state index < -0.39 is 0 Å². The Morgan fingerprint density at radius 1 is 0.739 bits per heavy atom. The van der Waals surface area contributed by atoms with Crippen LogP contribution in [0.15, 0.2) is 122 Å². The zero-order chi connectivity index (χ0) is 30.5. The number of hydrogen-bond acceptors (Lipinski definition) is 8. The summed E-state index contributed by atoms with van der Waals surface area (Å²) in [6.45, 7) is 0. The summed E-state index contributed by atoms with van der Waals surface area (Å²) in [6, 6.07) is 21.8. The first-order valence-corrected chi connectivity index (χ1v) is 16.4. The Morgan fingerprint density at radius 2 is 1.46 bits per heavy atom. The fraction of sp³-hybridized carbons (Fsp3) is 0.263. The van der Waals surface area contributed by atoms with Gasteiger partial charge in [-0.15, -0.1) is 0 Å². The second kappa shape index (κ2) is 11.6. The smallest absolute Gasteiger partial charge is 0.173 e. The Hall–Kier alpha value is -4.76. The zero-order valence-corrected chi connectivity index (χ0v) is 25.5. The van der Waals surface area contributed by atoms with Crippen molar-refractivity contribution >= 4 is 17.1 Å². The zero-order valence-electron chi connectivity index (χ0n) is 25.5. The van der Waals surface area contributed by atoms with Crippen LogP contribution >= 0.6 is 0 Å². The third-order valence-corrected chi connectivity index (χ3v) is 10.0. The summed E-state index contributed by atoms with van der Waals surface area (Å²) in [7, 11) is 0. The molecule has 8 nitrogen and oxygen atoms in total. The fourth-order valence-electron chi connectivity index (χ4n) is 7.75. The van der Waals surface area contributed by atoms with E-state index in [-0.39, 0.29) is 36.7 Å². The molecule has 1 saturated heterocycles. The number of rotatable bonds is 5. The second-order valence-electron chi connectivity index (χ2n) is 12.7. The van der Waals surface area contributed by atoms with E-state index in [1.165, 1.54) is 16.8 Å². The molecule has 0 spiro atoms. The minimum atomic E-state index is -0.102. The van der Waals surface area contributed by atoms with Gasteiger partial charge in [-0.3, -0.25) is 25.9 Å². The van der Waals surface area contributed by atoms with Crippen LogP contribution in [0.1, 0.15) is 65.9 Å². The summed E-state index contributed by atoms with van der Waals surface area (Å²) in [5.41, 5.74) is 8.21. The summed E-state index contributed by atoms with van der Waals surface area (Å²) in [6.07, 6.45) is 24.1. The van der Waals surface area contributed by atoms with E-state index in [0.29, 0.717) is 5.92 Å². The number of nitrogens with zero attached hydrogens (tertiary/aromatic N) is 3. The van der Waals surface area contributed by atoms with Gasteiger partial charge in [0.15, 0.2) is 12.0 Å². The monoisotopic (exact) mass is 607 g/mol. The molecule has 4 N–H and O–H groups in total. The van der Waals surface area contributed by atoms with Crippen molar-refractivity contribution in [2.75, 3.05) is 10.2 Å². The molecule has 2 aliphatic carbocycles. The van der Waals surface area contributed by atoms with E-state index in [0.717, 1.165) is 47.5 Å². The molecule has 46 heavy (non-hydrogen) atoms. The van der Waals surface area contributed by atoms with Crippen molar-refractivity contribution in [1.29, 1.82) is 0 Å². The SMILES string of the molecule is C1=CC2c3c(ccc4c3OC(C3CC=CCC3)N4)N(c3cccc(C4NC(c5ccncc5)NC(c5ccncc5)N4)c3)C2C=C1. The lowest BCUT2D eigenvalue weighted by atomic mass is 9.90. The third kappa shape index (κ3) is 4.81. The Kier molecular flexibility index (Phi) is 6.92. The molecule has 3 aliphatic heterocycles. The van der Waals surface area contributed by atoms with Gasteiger partial charge in [-0.05, 0) is 84.5 Å². The fourth-order valence-corrected chi connectivity index (χ4v) is 7.75. The molecule has 9 rings (SSSR count). The highest BCUT2D eigenvalue weighted by atomic mass is 16.5. The lowest BCUT2D eigenvalue weighted by Gasteiger charge is -2.40. The molecule has 5 aliphatic rings. The quantitative estimate of drug-likeness (QED) is 0.183. The molecular weight excluding hydrogens is 570 g/mol. The van der Waals surface area contributed by atoms with Crippen molar-refractivity contribution in [2.24, 2.45) is 5.92 Å². The number of fused-ring (bicyclic) bond motifs is 5. The van der Waals surface area contributed by atoms with E-state index in [1.54, 1.807) is 0 Å².